The topological polar surface area (TPSA) is 98.6 Å². The Kier molecular flexibility index (Phi) is 8.23. The summed E-state index contributed by atoms with van der Waals surface area (Å²) in [5.74, 6) is 1.03. The van der Waals surface area contributed by atoms with Gasteiger partial charge in [-0.1, -0.05) is 13.8 Å². The van der Waals surface area contributed by atoms with Crippen LogP contribution in [0.2, 0.25) is 0 Å². The Balaban J connectivity index is 1.81. The SMILES string of the molecule is CCCNC(=O)CN(CCC)C(=O)c1cnc2c(cnn2Cc2ccc(OC)cc2OC)c1. The maximum absolute atomic E-state index is 13.1. The fourth-order valence-electron chi connectivity index (χ4n) is 3.55. The van der Waals surface area contributed by atoms with E-state index in [9.17, 15) is 9.59 Å². The predicted octanol–water partition coefficient (Wildman–Crippen LogP) is 2.88. The van der Waals surface area contributed by atoms with Crippen LogP contribution in [0.5, 0.6) is 11.5 Å². The molecule has 1 N–H and O–H groups in total. The first-order valence-electron chi connectivity index (χ1n) is 11.1. The molecule has 0 aliphatic heterocycles. The predicted molar refractivity (Wildman–Crippen MR) is 126 cm³/mol. The zero-order chi connectivity index (χ0) is 23.8. The molecule has 2 heterocycles. The van der Waals surface area contributed by atoms with Crippen LogP contribution in [0.15, 0.2) is 36.7 Å². The number of methoxy groups -OCH3 is 2. The second kappa shape index (κ2) is 11.3. The number of nitrogens with zero attached hydrogens (tertiary/aromatic N) is 4. The molecule has 3 rings (SSSR count). The van der Waals surface area contributed by atoms with Crippen LogP contribution in [0.1, 0.15) is 42.6 Å². The number of nitrogens with one attached hydrogen (secondary N) is 1. The minimum atomic E-state index is -0.220. The molecule has 176 valence electrons. The Bertz CT molecular complexity index is 1110. The number of ether oxygens (including phenoxy) is 2. The van der Waals surface area contributed by atoms with E-state index in [0.29, 0.717) is 42.3 Å². The second-order valence-corrected chi connectivity index (χ2v) is 7.69. The number of hydrogen-bond acceptors (Lipinski definition) is 6. The third-order valence-corrected chi connectivity index (χ3v) is 5.22. The Hall–Kier alpha value is -3.62. The fraction of sp³-hybridized carbons (Fsp3) is 0.417. The summed E-state index contributed by atoms with van der Waals surface area (Å²) in [5.41, 5.74) is 2.02. The van der Waals surface area contributed by atoms with Crippen LogP contribution < -0.4 is 14.8 Å². The summed E-state index contributed by atoms with van der Waals surface area (Å²) in [6, 6.07) is 7.39. The van der Waals surface area contributed by atoms with Crippen molar-refractivity contribution in [3.8, 4) is 11.5 Å². The molecule has 9 nitrogen and oxygen atoms in total. The Morgan fingerprint density at radius 1 is 1.09 bits per heavy atom. The van der Waals surface area contributed by atoms with Gasteiger partial charge in [0, 0.05) is 36.3 Å². The van der Waals surface area contributed by atoms with Crippen LogP contribution in [0.3, 0.4) is 0 Å². The number of carbonyl (C=O) groups excluding carboxylic acids is 2. The van der Waals surface area contributed by atoms with Gasteiger partial charge in [0.2, 0.25) is 5.91 Å². The van der Waals surface area contributed by atoms with E-state index < -0.39 is 0 Å². The maximum atomic E-state index is 13.1. The molecule has 33 heavy (non-hydrogen) atoms. The Morgan fingerprint density at radius 3 is 2.61 bits per heavy atom. The monoisotopic (exact) mass is 453 g/mol. The van der Waals surface area contributed by atoms with Gasteiger partial charge < -0.3 is 19.7 Å². The maximum Gasteiger partial charge on any atom is 0.255 e. The van der Waals surface area contributed by atoms with Crippen molar-refractivity contribution >= 4 is 22.8 Å². The average molecular weight is 454 g/mol. The van der Waals surface area contributed by atoms with Crippen molar-refractivity contribution in [2.45, 2.75) is 33.2 Å². The number of benzene rings is 1. The number of aromatic nitrogens is 3. The zero-order valence-corrected chi connectivity index (χ0v) is 19.6. The molecule has 0 atom stereocenters. The van der Waals surface area contributed by atoms with Crippen LogP contribution in [-0.4, -0.2) is 65.3 Å². The van der Waals surface area contributed by atoms with E-state index in [-0.39, 0.29) is 18.4 Å². The van der Waals surface area contributed by atoms with Gasteiger partial charge >= 0.3 is 0 Å². The van der Waals surface area contributed by atoms with Crippen LogP contribution in [-0.2, 0) is 11.3 Å². The van der Waals surface area contributed by atoms with Crippen molar-refractivity contribution in [2.24, 2.45) is 0 Å². The molecule has 2 aromatic heterocycles. The molecule has 0 radical (unpaired) electrons. The average Bonchev–Trinajstić information content (AvgIpc) is 3.24. The van der Waals surface area contributed by atoms with Gasteiger partial charge in [0.1, 0.15) is 11.5 Å². The quantitative estimate of drug-likeness (QED) is 0.479. The summed E-state index contributed by atoms with van der Waals surface area (Å²) in [7, 11) is 3.22. The second-order valence-electron chi connectivity index (χ2n) is 7.69. The standard InChI is InChI=1S/C24H31N5O4/c1-5-9-25-22(30)16-28(10-6-2)24(31)19-11-18-14-27-29(23(18)26-13-19)15-17-7-8-20(32-3)12-21(17)33-4/h7-8,11-14H,5-6,9-10,15-16H2,1-4H3,(H,25,30). The van der Waals surface area contributed by atoms with E-state index >= 15 is 0 Å². The smallest absolute Gasteiger partial charge is 0.255 e. The normalized spacial score (nSPS) is 10.8. The van der Waals surface area contributed by atoms with Crippen molar-refractivity contribution in [1.29, 1.82) is 0 Å². The molecule has 0 aliphatic carbocycles. The molecule has 3 aromatic rings. The molecular weight excluding hydrogens is 422 g/mol. The number of rotatable bonds is 11. The minimum absolute atomic E-state index is 0.0290. The van der Waals surface area contributed by atoms with Crippen LogP contribution >= 0.6 is 0 Å². The van der Waals surface area contributed by atoms with Gasteiger partial charge in [-0.15, -0.1) is 0 Å². The van der Waals surface area contributed by atoms with Gasteiger partial charge in [0.05, 0.1) is 39.1 Å². The van der Waals surface area contributed by atoms with Crippen molar-refractivity contribution in [3.05, 3.63) is 47.8 Å². The molecule has 0 unspecified atom stereocenters. The van der Waals surface area contributed by atoms with Gasteiger partial charge in [0.25, 0.3) is 5.91 Å². The van der Waals surface area contributed by atoms with Crippen molar-refractivity contribution in [2.75, 3.05) is 33.9 Å². The van der Waals surface area contributed by atoms with E-state index in [4.69, 9.17) is 9.47 Å². The number of carbonyl (C=O) groups is 2. The minimum Gasteiger partial charge on any atom is -0.497 e. The van der Waals surface area contributed by atoms with Gasteiger partial charge in [-0.3, -0.25) is 9.59 Å². The first-order chi connectivity index (χ1) is 16.0. The third kappa shape index (κ3) is 5.79. The summed E-state index contributed by atoms with van der Waals surface area (Å²) in [5, 5.41) is 8.02. The Labute approximate surface area is 193 Å². The molecule has 1 aromatic carbocycles. The van der Waals surface area contributed by atoms with Crippen molar-refractivity contribution < 1.29 is 19.1 Å². The van der Waals surface area contributed by atoms with E-state index in [0.717, 1.165) is 23.8 Å². The lowest BCUT2D eigenvalue weighted by atomic mass is 10.2. The zero-order valence-electron chi connectivity index (χ0n) is 19.6. The van der Waals surface area contributed by atoms with Gasteiger partial charge in [-0.25, -0.2) is 9.67 Å². The summed E-state index contributed by atoms with van der Waals surface area (Å²) < 4.78 is 12.5. The van der Waals surface area contributed by atoms with Crippen LogP contribution in [0.25, 0.3) is 11.0 Å². The largest absolute Gasteiger partial charge is 0.497 e. The third-order valence-electron chi connectivity index (χ3n) is 5.22. The molecule has 0 saturated carbocycles. The number of fused-ring (bicyclic) bond motifs is 1. The number of pyridine rings is 1. The highest BCUT2D eigenvalue weighted by molar-refractivity contribution is 5.98. The molecule has 0 bridgehead atoms. The van der Waals surface area contributed by atoms with E-state index in [1.807, 2.05) is 32.0 Å². The van der Waals surface area contributed by atoms with E-state index in [1.54, 1.807) is 42.3 Å². The number of amides is 2. The summed E-state index contributed by atoms with van der Waals surface area (Å²) in [6.07, 6.45) is 4.83. The first-order valence-corrected chi connectivity index (χ1v) is 11.1. The summed E-state index contributed by atoms with van der Waals surface area (Å²) in [4.78, 5) is 31.3. The van der Waals surface area contributed by atoms with Gasteiger partial charge in [-0.2, -0.15) is 5.10 Å². The molecule has 0 saturated heterocycles. The van der Waals surface area contributed by atoms with Crippen LogP contribution in [0, 0.1) is 0 Å². The lowest BCUT2D eigenvalue weighted by Gasteiger charge is -2.21. The highest BCUT2D eigenvalue weighted by Gasteiger charge is 2.20. The summed E-state index contributed by atoms with van der Waals surface area (Å²) in [6.45, 7) is 5.54. The van der Waals surface area contributed by atoms with Gasteiger partial charge in [-0.05, 0) is 31.0 Å². The Morgan fingerprint density at radius 2 is 1.91 bits per heavy atom. The number of hydrogen-bond donors (Lipinski definition) is 1. The molecular formula is C24H31N5O4. The van der Waals surface area contributed by atoms with Gasteiger partial charge in [0.15, 0.2) is 5.65 Å². The van der Waals surface area contributed by atoms with Crippen molar-refractivity contribution in [1.82, 2.24) is 25.0 Å². The first kappa shape index (κ1) is 24.0. The van der Waals surface area contributed by atoms with E-state index in [1.165, 1.54) is 0 Å². The summed E-state index contributed by atoms with van der Waals surface area (Å²) >= 11 is 0. The molecule has 0 spiro atoms. The van der Waals surface area contributed by atoms with E-state index in [2.05, 4.69) is 15.4 Å². The molecule has 0 aliphatic rings. The highest BCUT2D eigenvalue weighted by Crippen LogP contribution is 2.26. The molecule has 0 fully saturated rings. The molecule has 9 heteroatoms. The highest BCUT2D eigenvalue weighted by atomic mass is 16.5. The molecule has 2 amide bonds. The fourth-order valence-corrected chi connectivity index (χ4v) is 3.55. The van der Waals surface area contributed by atoms with Crippen molar-refractivity contribution in [3.63, 3.8) is 0 Å². The van der Waals surface area contributed by atoms with Crippen LogP contribution in [0.4, 0.5) is 0 Å². The lowest BCUT2D eigenvalue weighted by molar-refractivity contribution is -0.121. The lowest BCUT2D eigenvalue weighted by Crippen LogP contribution is -2.41.